The first-order chi connectivity index (χ1) is 20.1. The Bertz CT molecular complexity index is 625. The smallest absolute Gasteiger partial charge is 0.309 e. The molecule has 0 aliphatic carbocycles. The summed E-state index contributed by atoms with van der Waals surface area (Å²) in [5, 5.41) is 19.6. The van der Waals surface area contributed by atoms with Crippen LogP contribution in [-0.2, 0) is 9.59 Å². The largest absolute Gasteiger partial charge is 0.481 e. The summed E-state index contributed by atoms with van der Waals surface area (Å²) in [6, 6.07) is 0. The monoisotopic (exact) mass is 595 g/mol. The number of aliphatic carboxylic acids is 2. The lowest BCUT2D eigenvalue weighted by atomic mass is 9.64. The van der Waals surface area contributed by atoms with Gasteiger partial charge in [-0.1, -0.05) is 170 Å². The van der Waals surface area contributed by atoms with Crippen LogP contribution in [0.25, 0.3) is 0 Å². The van der Waals surface area contributed by atoms with Crippen LogP contribution in [0.2, 0.25) is 0 Å². The molecule has 0 aromatic carbocycles. The molecular formula is C38H74O4. The molecule has 0 aliphatic rings. The van der Waals surface area contributed by atoms with Gasteiger partial charge in [-0.25, -0.2) is 0 Å². The van der Waals surface area contributed by atoms with E-state index in [1.165, 1.54) is 109 Å². The van der Waals surface area contributed by atoms with Crippen molar-refractivity contribution in [2.75, 3.05) is 0 Å². The fourth-order valence-corrected chi connectivity index (χ4v) is 7.13. The predicted octanol–water partition coefficient (Wildman–Crippen LogP) is 12.5. The highest BCUT2D eigenvalue weighted by atomic mass is 16.4. The molecule has 4 nitrogen and oxygen atoms in total. The Morgan fingerprint density at radius 2 is 0.952 bits per heavy atom. The molecule has 0 fully saturated rings. The third-order valence-corrected chi connectivity index (χ3v) is 10.2. The van der Waals surface area contributed by atoms with Gasteiger partial charge in [0.25, 0.3) is 0 Å². The summed E-state index contributed by atoms with van der Waals surface area (Å²) in [5.41, 5.74) is -0.575. The summed E-state index contributed by atoms with van der Waals surface area (Å²) >= 11 is 0. The summed E-state index contributed by atoms with van der Waals surface area (Å²) < 4.78 is 0. The highest BCUT2D eigenvalue weighted by Crippen LogP contribution is 2.46. The van der Waals surface area contributed by atoms with Crippen molar-refractivity contribution in [1.29, 1.82) is 0 Å². The van der Waals surface area contributed by atoms with Crippen molar-refractivity contribution in [3.63, 3.8) is 0 Å². The van der Waals surface area contributed by atoms with Crippen LogP contribution < -0.4 is 0 Å². The van der Waals surface area contributed by atoms with Crippen molar-refractivity contribution in [2.24, 2.45) is 29.1 Å². The molecule has 0 aromatic heterocycles. The molecule has 0 saturated carbocycles. The van der Waals surface area contributed by atoms with Crippen LogP contribution in [0.1, 0.15) is 202 Å². The van der Waals surface area contributed by atoms with E-state index >= 15 is 0 Å². The topological polar surface area (TPSA) is 74.6 Å². The van der Waals surface area contributed by atoms with E-state index in [0.717, 1.165) is 44.9 Å². The van der Waals surface area contributed by atoms with Crippen LogP contribution in [0.15, 0.2) is 0 Å². The number of rotatable bonds is 31. The minimum Gasteiger partial charge on any atom is -0.481 e. The van der Waals surface area contributed by atoms with Gasteiger partial charge in [-0.2, -0.15) is 0 Å². The molecule has 4 heteroatoms. The lowest BCUT2D eigenvalue weighted by molar-refractivity contribution is -0.153. The number of carboxylic acids is 2. The first-order valence-corrected chi connectivity index (χ1v) is 18.6. The minimum absolute atomic E-state index is 0.315. The van der Waals surface area contributed by atoms with Gasteiger partial charge in [0.15, 0.2) is 0 Å². The van der Waals surface area contributed by atoms with E-state index < -0.39 is 17.4 Å². The van der Waals surface area contributed by atoms with Crippen LogP contribution >= 0.6 is 0 Å². The van der Waals surface area contributed by atoms with Gasteiger partial charge in [-0.05, 0) is 49.4 Å². The van der Waals surface area contributed by atoms with E-state index in [1.807, 2.05) is 0 Å². The maximum Gasteiger partial charge on any atom is 0.309 e. The third-order valence-electron chi connectivity index (χ3n) is 10.2. The zero-order chi connectivity index (χ0) is 31.6. The highest BCUT2D eigenvalue weighted by molar-refractivity contribution is 5.74. The number of carbonyl (C=O) groups is 2. The Morgan fingerprint density at radius 1 is 0.548 bits per heavy atom. The maximum absolute atomic E-state index is 13.2. The molecule has 0 aliphatic heterocycles. The average molecular weight is 595 g/mol. The van der Waals surface area contributed by atoms with Crippen LogP contribution in [-0.4, -0.2) is 22.2 Å². The molecule has 0 spiro atoms. The van der Waals surface area contributed by atoms with E-state index in [9.17, 15) is 14.7 Å². The second-order valence-corrected chi connectivity index (χ2v) is 14.2. The van der Waals surface area contributed by atoms with Crippen molar-refractivity contribution in [3.8, 4) is 0 Å². The van der Waals surface area contributed by atoms with E-state index in [2.05, 4.69) is 41.5 Å². The van der Waals surface area contributed by atoms with Gasteiger partial charge >= 0.3 is 11.9 Å². The highest BCUT2D eigenvalue weighted by Gasteiger charge is 2.43. The second-order valence-electron chi connectivity index (χ2n) is 14.2. The van der Waals surface area contributed by atoms with Gasteiger partial charge in [0, 0.05) is 6.42 Å². The molecule has 0 rings (SSSR count). The van der Waals surface area contributed by atoms with E-state index in [-0.39, 0.29) is 0 Å². The quantitative estimate of drug-likeness (QED) is 0.0783. The Labute approximate surface area is 262 Å². The zero-order valence-corrected chi connectivity index (χ0v) is 29.2. The molecular weight excluding hydrogens is 520 g/mol. The lowest BCUT2D eigenvalue weighted by Gasteiger charge is -2.39. The van der Waals surface area contributed by atoms with Crippen molar-refractivity contribution >= 4 is 11.9 Å². The fourth-order valence-electron chi connectivity index (χ4n) is 7.13. The van der Waals surface area contributed by atoms with E-state index in [4.69, 9.17) is 5.11 Å². The van der Waals surface area contributed by atoms with Crippen LogP contribution in [0, 0.1) is 29.1 Å². The molecule has 0 aromatic rings. The van der Waals surface area contributed by atoms with Crippen molar-refractivity contribution < 1.29 is 19.8 Å². The number of carboxylic acid groups (broad SMARTS) is 2. The van der Waals surface area contributed by atoms with Crippen molar-refractivity contribution in [1.82, 2.24) is 0 Å². The Kier molecular flexibility index (Phi) is 25.7. The van der Waals surface area contributed by atoms with Gasteiger partial charge < -0.3 is 10.2 Å². The molecule has 3 unspecified atom stereocenters. The maximum atomic E-state index is 13.2. The predicted molar refractivity (Wildman–Crippen MR) is 181 cm³/mol. The molecule has 0 radical (unpaired) electrons. The van der Waals surface area contributed by atoms with E-state index in [0.29, 0.717) is 30.1 Å². The SMILES string of the molecule is CCCCC(CC)CC(CC(CC)CCCC)(CC(CCCCCCCCCCCCCCC(=O)O)C(C)C)C(=O)O. The number of hydrogen-bond acceptors (Lipinski definition) is 2. The molecule has 250 valence electrons. The summed E-state index contributed by atoms with van der Waals surface area (Å²) in [6.07, 6.45) is 28.1. The van der Waals surface area contributed by atoms with Crippen LogP contribution in [0.5, 0.6) is 0 Å². The van der Waals surface area contributed by atoms with Crippen molar-refractivity contribution in [2.45, 2.75) is 202 Å². The number of unbranched alkanes of at least 4 members (excludes halogenated alkanes) is 13. The molecule has 0 amide bonds. The third kappa shape index (κ3) is 20.0. The lowest BCUT2D eigenvalue weighted by Crippen LogP contribution is -2.38. The molecule has 3 atom stereocenters. The Balaban J connectivity index is 4.87. The summed E-state index contributed by atoms with van der Waals surface area (Å²) in [7, 11) is 0. The first-order valence-electron chi connectivity index (χ1n) is 18.6. The molecule has 0 saturated heterocycles. The Hall–Kier alpha value is -1.06. The van der Waals surface area contributed by atoms with Gasteiger partial charge in [-0.15, -0.1) is 0 Å². The second kappa shape index (κ2) is 26.4. The van der Waals surface area contributed by atoms with Crippen LogP contribution in [0.4, 0.5) is 0 Å². The normalized spacial score (nSPS) is 15.4. The van der Waals surface area contributed by atoms with E-state index in [1.54, 1.807) is 0 Å². The first kappa shape index (κ1) is 40.9. The minimum atomic E-state index is -0.672. The van der Waals surface area contributed by atoms with Crippen LogP contribution in [0.3, 0.4) is 0 Å². The Morgan fingerprint density at radius 3 is 1.29 bits per heavy atom. The van der Waals surface area contributed by atoms with Gasteiger partial charge in [0.1, 0.15) is 0 Å². The standard InChI is InChI=1S/C38H74O4/c1-7-11-25-33(9-3)29-38(37(41)42,30-34(10-4)26-12-8-2)31-35(32(5)6)27-23-21-19-17-15-13-14-16-18-20-22-24-28-36(39)40/h32-35H,7-31H2,1-6H3,(H,39,40)(H,41,42). The van der Waals surface area contributed by atoms with Gasteiger partial charge in [-0.3, -0.25) is 9.59 Å². The fraction of sp³-hybridized carbons (Fsp3) is 0.947. The number of hydrogen-bond donors (Lipinski definition) is 2. The molecule has 0 bridgehead atoms. The molecule has 2 N–H and O–H groups in total. The molecule has 0 heterocycles. The summed E-state index contributed by atoms with van der Waals surface area (Å²) in [6.45, 7) is 13.7. The van der Waals surface area contributed by atoms with Gasteiger partial charge in [0.2, 0.25) is 0 Å². The zero-order valence-electron chi connectivity index (χ0n) is 29.2. The van der Waals surface area contributed by atoms with Gasteiger partial charge in [0.05, 0.1) is 5.41 Å². The summed E-state index contributed by atoms with van der Waals surface area (Å²) in [5.74, 6) is 0.874. The summed E-state index contributed by atoms with van der Waals surface area (Å²) in [4.78, 5) is 23.8. The van der Waals surface area contributed by atoms with Crippen molar-refractivity contribution in [3.05, 3.63) is 0 Å². The average Bonchev–Trinajstić information content (AvgIpc) is 2.96. The molecule has 42 heavy (non-hydrogen) atoms.